The van der Waals surface area contributed by atoms with Crippen molar-refractivity contribution in [1.29, 1.82) is 0 Å². The summed E-state index contributed by atoms with van der Waals surface area (Å²) in [6.07, 6.45) is 0.921. The molecule has 0 unspecified atom stereocenters. The summed E-state index contributed by atoms with van der Waals surface area (Å²) in [5, 5.41) is 5.98. The molecule has 0 spiro atoms. The lowest BCUT2D eigenvalue weighted by molar-refractivity contribution is 0.0973. The zero-order valence-electron chi connectivity index (χ0n) is 15.1. The van der Waals surface area contributed by atoms with E-state index in [4.69, 9.17) is 17.0 Å². The van der Waals surface area contributed by atoms with Crippen LogP contribution in [0.15, 0.2) is 46.9 Å². The van der Waals surface area contributed by atoms with Gasteiger partial charge in [-0.15, -0.1) is 0 Å². The quantitative estimate of drug-likeness (QED) is 0.604. The topological polar surface area (TPSA) is 50.4 Å². The van der Waals surface area contributed by atoms with E-state index in [1.54, 1.807) is 12.1 Å². The molecule has 2 aromatic rings. The van der Waals surface area contributed by atoms with Crippen LogP contribution in [0.25, 0.3) is 0 Å². The number of amides is 1. The minimum Gasteiger partial charge on any atom is -0.493 e. The van der Waals surface area contributed by atoms with Crippen molar-refractivity contribution in [2.24, 2.45) is 5.92 Å². The number of halogens is 1. The Morgan fingerprint density at radius 1 is 1.23 bits per heavy atom. The first-order valence-corrected chi connectivity index (χ1v) is 9.66. The van der Waals surface area contributed by atoms with Crippen molar-refractivity contribution in [2.45, 2.75) is 27.2 Å². The van der Waals surface area contributed by atoms with E-state index >= 15 is 0 Å². The Kier molecular flexibility index (Phi) is 7.60. The SMILES string of the molecule is Cc1cccc(NC(=S)NC(=O)c2cc(Br)ccc2OCCC(C)C)c1. The number of ether oxygens (including phenoxy) is 1. The van der Waals surface area contributed by atoms with Crippen LogP contribution in [0.5, 0.6) is 5.75 Å². The molecule has 2 rings (SSSR count). The number of hydrogen-bond donors (Lipinski definition) is 2. The van der Waals surface area contributed by atoms with Gasteiger partial charge < -0.3 is 10.1 Å². The Hall–Kier alpha value is -1.92. The van der Waals surface area contributed by atoms with Crippen molar-refractivity contribution in [3.8, 4) is 5.75 Å². The third-order valence-corrected chi connectivity index (χ3v) is 4.34. The fourth-order valence-corrected chi connectivity index (χ4v) is 2.84. The molecule has 2 aromatic carbocycles. The summed E-state index contributed by atoms with van der Waals surface area (Å²) >= 11 is 8.66. The van der Waals surface area contributed by atoms with Gasteiger partial charge in [0.15, 0.2) is 5.11 Å². The molecule has 2 N–H and O–H groups in total. The molecule has 0 saturated carbocycles. The third-order valence-electron chi connectivity index (χ3n) is 3.64. The maximum absolute atomic E-state index is 12.6. The highest BCUT2D eigenvalue weighted by Crippen LogP contribution is 2.24. The molecule has 0 aliphatic heterocycles. The van der Waals surface area contributed by atoms with E-state index in [1.165, 1.54) is 0 Å². The number of benzene rings is 2. The smallest absolute Gasteiger partial charge is 0.261 e. The van der Waals surface area contributed by atoms with E-state index in [1.807, 2.05) is 37.3 Å². The zero-order valence-corrected chi connectivity index (χ0v) is 17.5. The van der Waals surface area contributed by atoms with Gasteiger partial charge in [0.05, 0.1) is 12.2 Å². The van der Waals surface area contributed by atoms with Gasteiger partial charge in [0, 0.05) is 10.2 Å². The van der Waals surface area contributed by atoms with Crippen molar-refractivity contribution in [3.05, 3.63) is 58.1 Å². The second-order valence-corrected chi connectivity index (χ2v) is 7.77. The number of rotatable bonds is 6. The minimum atomic E-state index is -0.309. The zero-order chi connectivity index (χ0) is 19.1. The van der Waals surface area contributed by atoms with Gasteiger partial charge in [-0.1, -0.05) is 41.9 Å². The highest BCUT2D eigenvalue weighted by molar-refractivity contribution is 9.10. The average molecular weight is 435 g/mol. The third kappa shape index (κ3) is 6.42. The van der Waals surface area contributed by atoms with E-state index in [0.717, 1.165) is 22.1 Å². The first kappa shape index (κ1) is 20.4. The maximum Gasteiger partial charge on any atom is 0.261 e. The molecule has 0 aliphatic rings. The van der Waals surface area contributed by atoms with Crippen LogP contribution in [0, 0.1) is 12.8 Å². The first-order chi connectivity index (χ1) is 12.3. The lowest BCUT2D eigenvalue weighted by Crippen LogP contribution is -2.34. The Morgan fingerprint density at radius 2 is 2.00 bits per heavy atom. The van der Waals surface area contributed by atoms with E-state index in [0.29, 0.717) is 23.8 Å². The fourth-order valence-electron chi connectivity index (χ4n) is 2.27. The van der Waals surface area contributed by atoms with Crippen molar-refractivity contribution in [3.63, 3.8) is 0 Å². The Labute approximate surface area is 168 Å². The summed E-state index contributed by atoms with van der Waals surface area (Å²) in [5.74, 6) is 0.773. The average Bonchev–Trinajstić information content (AvgIpc) is 2.55. The first-order valence-electron chi connectivity index (χ1n) is 8.46. The number of nitrogens with one attached hydrogen (secondary N) is 2. The van der Waals surface area contributed by atoms with Gasteiger partial charge in [-0.2, -0.15) is 0 Å². The molecule has 6 heteroatoms. The van der Waals surface area contributed by atoms with E-state index < -0.39 is 0 Å². The van der Waals surface area contributed by atoms with Crippen LogP contribution in [0.1, 0.15) is 36.2 Å². The van der Waals surface area contributed by atoms with Gasteiger partial charge in [0.2, 0.25) is 0 Å². The molecule has 0 radical (unpaired) electrons. The molecule has 138 valence electrons. The van der Waals surface area contributed by atoms with E-state index in [2.05, 4.69) is 40.4 Å². The van der Waals surface area contributed by atoms with Crippen molar-refractivity contribution in [1.82, 2.24) is 5.32 Å². The maximum atomic E-state index is 12.6. The largest absolute Gasteiger partial charge is 0.493 e. The number of carbonyl (C=O) groups is 1. The standard InChI is InChI=1S/C20H23BrN2O2S/c1-13(2)9-10-25-18-8-7-15(21)12-17(18)19(24)23-20(26)22-16-6-4-5-14(3)11-16/h4-8,11-13H,9-10H2,1-3H3,(H2,22,23,24,26). The highest BCUT2D eigenvalue weighted by Gasteiger charge is 2.15. The number of hydrogen-bond acceptors (Lipinski definition) is 3. The fraction of sp³-hybridized carbons (Fsp3) is 0.300. The van der Waals surface area contributed by atoms with Gasteiger partial charge in [-0.25, -0.2) is 0 Å². The number of carbonyl (C=O) groups excluding carboxylic acids is 1. The lowest BCUT2D eigenvalue weighted by atomic mass is 10.1. The van der Waals surface area contributed by atoms with Crippen LogP contribution in [0.3, 0.4) is 0 Å². The summed E-state index contributed by atoms with van der Waals surface area (Å²) in [7, 11) is 0. The summed E-state index contributed by atoms with van der Waals surface area (Å²) in [6, 6.07) is 13.1. The molecule has 26 heavy (non-hydrogen) atoms. The van der Waals surface area contributed by atoms with Gasteiger partial charge in [0.1, 0.15) is 5.75 Å². The van der Waals surface area contributed by atoms with Crippen LogP contribution in [0.2, 0.25) is 0 Å². The van der Waals surface area contributed by atoms with Gasteiger partial charge in [-0.05, 0) is 67.4 Å². The predicted molar refractivity (Wildman–Crippen MR) is 114 cm³/mol. The molecule has 0 aliphatic carbocycles. The normalized spacial score (nSPS) is 10.5. The summed E-state index contributed by atoms with van der Waals surface area (Å²) < 4.78 is 6.60. The summed E-state index contributed by atoms with van der Waals surface area (Å²) in [6.45, 7) is 6.82. The van der Waals surface area contributed by atoms with Crippen LogP contribution < -0.4 is 15.4 Å². The van der Waals surface area contributed by atoms with Crippen LogP contribution in [-0.4, -0.2) is 17.6 Å². The molecule has 0 aromatic heterocycles. The molecule has 1 amide bonds. The second-order valence-electron chi connectivity index (χ2n) is 6.45. The molecule has 4 nitrogen and oxygen atoms in total. The van der Waals surface area contributed by atoms with E-state index in [-0.39, 0.29) is 11.0 Å². The van der Waals surface area contributed by atoms with Gasteiger partial charge in [-0.3, -0.25) is 10.1 Å². The Morgan fingerprint density at radius 3 is 2.69 bits per heavy atom. The van der Waals surface area contributed by atoms with Crippen LogP contribution in [-0.2, 0) is 0 Å². The monoisotopic (exact) mass is 434 g/mol. The van der Waals surface area contributed by atoms with Crippen LogP contribution >= 0.6 is 28.1 Å². The number of anilines is 1. The summed E-state index contributed by atoms with van der Waals surface area (Å²) in [5.41, 5.74) is 2.38. The molecular weight excluding hydrogens is 412 g/mol. The number of aryl methyl sites for hydroxylation is 1. The molecule has 0 fully saturated rings. The van der Waals surface area contributed by atoms with Gasteiger partial charge in [0.25, 0.3) is 5.91 Å². The predicted octanol–water partition coefficient (Wildman–Crippen LogP) is 5.31. The molecule has 0 saturated heterocycles. The van der Waals surface area contributed by atoms with Crippen molar-refractivity contribution in [2.75, 3.05) is 11.9 Å². The van der Waals surface area contributed by atoms with E-state index in [9.17, 15) is 4.79 Å². The van der Waals surface area contributed by atoms with Gasteiger partial charge >= 0.3 is 0 Å². The Bertz CT molecular complexity index is 793. The van der Waals surface area contributed by atoms with Crippen molar-refractivity contribution < 1.29 is 9.53 Å². The molecule has 0 bridgehead atoms. The lowest BCUT2D eigenvalue weighted by Gasteiger charge is -2.14. The molecular formula is C20H23BrN2O2S. The van der Waals surface area contributed by atoms with Crippen LogP contribution in [0.4, 0.5) is 5.69 Å². The number of thiocarbonyl (C=S) groups is 1. The highest BCUT2D eigenvalue weighted by atomic mass is 79.9. The van der Waals surface area contributed by atoms with Crippen molar-refractivity contribution >= 4 is 44.9 Å². The Balaban J connectivity index is 2.05. The summed E-state index contributed by atoms with van der Waals surface area (Å²) in [4.78, 5) is 12.6. The minimum absolute atomic E-state index is 0.244. The second kappa shape index (κ2) is 9.69. The molecule has 0 heterocycles. The molecule has 0 atom stereocenters.